The zero-order valence-electron chi connectivity index (χ0n) is 18.9. The zero-order valence-corrected chi connectivity index (χ0v) is 19.7. The van der Waals surface area contributed by atoms with E-state index in [2.05, 4.69) is 20.3 Å². The standard InChI is InChI=1S/C23H19ClN6O5/c1-32-18-8-13(9-19(33-2)21(18)34-3)22-26-20(35-28-22)11-29-23(31)17-10-16(27-30(17)12-25-29)14-6-4-5-7-15(14)24/h4-10,12H,11H2,1-3H3. The molecule has 0 atom stereocenters. The number of halogens is 1. The van der Waals surface area contributed by atoms with Gasteiger partial charge in [-0.3, -0.25) is 4.79 Å². The predicted molar refractivity (Wildman–Crippen MR) is 126 cm³/mol. The van der Waals surface area contributed by atoms with Crippen molar-refractivity contribution in [3.63, 3.8) is 0 Å². The van der Waals surface area contributed by atoms with E-state index >= 15 is 0 Å². The van der Waals surface area contributed by atoms with E-state index in [0.717, 1.165) is 5.56 Å². The SMILES string of the molecule is COc1cc(-c2noc(Cn3ncn4nc(-c5ccccc5Cl)cc4c3=O)n2)cc(OC)c1OC. The Hall–Kier alpha value is -4.38. The number of hydrogen-bond acceptors (Lipinski definition) is 9. The van der Waals surface area contributed by atoms with Crippen molar-refractivity contribution in [1.82, 2.24) is 29.5 Å². The van der Waals surface area contributed by atoms with Crippen molar-refractivity contribution in [2.24, 2.45) is 0 Å². The van der Waals surface area contributed by atoms with Gasteiger partial charge in [0.2, 0.25) is 17.5 Å². The van der Waals surface area contributed by atoms with Crippen LogP contribution in [0.5, 0.6) is 17.2 Å². The van der Waals surface area contributed by atoms with Crippen LogP contribution < -0.4 is 19.8 Å². The molecule has 0 amide bonds. The van der Waals surface area contributed by atoms with Crippen molar-refractivity contribution in [2.75, 3.05) is 21.3 Å². The van der Waals surface area contributed by atoms with Crippen LogP contribution in [0, 0.1) is 0 Å². The van der Waals surface area contributed by atoms with Crippen molar-refractivity contribution in [1.29, 1.82) is 0 Å². The van der Waals surface area contributed by atoms with Gasteiger partial charge in [0, 0.05) is 11.1 Å². The second kappa shape index (κ2) is 9.11. The smallest absolute Gasteiger partial charge is 0.293 e. The minimum atomic E-state index is -0.370. The summed E-state index contributed by atoms with van der Waals surface area (Å²) in [7, 11) is 4.56. The molecule has 0 saturated heterocycles. The molecule has 0 unspecified atom stereocenters. The van der Waals surface area contributed by atoms with Crippen LogP contribution in [-0.2, 0) is 6.54 Å². The molecule has 0 aliphatic carbocycles. The maximum absolute atomic E-state index is 13.0. The summed E-state index contributed by atoms with van der Waals surface area (Å²) >= 11 is 6.27. The molecule has 3 heterocycles. The molecule has 0 aliphatic heterocycles. The van der Waals surface area contributed by atoms with Gasteiger partial charge in [0.1, 0.15) is 18.4 Å². The summed E-state index contributed by atoms with van der Waals surface area (Å²) in [4.78, 5) is 17.4. The third-order valence-corrected chi connectivity index (χ3v) is 5.65. The highest BCUT2D eigenvalue weighted by atomic mass is 35.5. The monoisotopic (exact) mass is 494 g/mol. The van der Waals surface area contributed by atoms with Crippen LogP contribution in [0.2, 0.25) is 5.02 Å². The molecule has 0 saturated carbocycles. The number of aromatic nitrogens is 6. The number of ether oxygens (including phenoxy) is 3. The first-order valence-corrected chi connectivity index (χ1v) is 10.7. The van der Waals surface area contributed by atoms with Crippen LogP contribution in [0.4, 0.5) is 0 Å². The fraction of sp³-hybridized carbons (Fsp3) is 0.174. The Balaban J connectivity index is 1.46. The Morgan fingerprint density at radius 1 is 1.03 bits per heavy atom. The molecule has 5 rings (SSSR count). The van der Waals surface area contributed by atoms with Crippen molar-refractivity contribution >= 4 is 17.1 Å². The summed E-state index contributed by atoms with van der Waals surface area (Å²) in [5.41, 5.74) is 1.83. The van der Waals surface area contributed by atoms with Crippen LogP contribution in [0.1, 0.15) is 5.89 Å². The summed E-state index contributed by atoms with van der Waals surface area (Å²) in [6, 6.07) is 12.3. The maximum Gasteiger partial charge on any atom is 0.293 e. The van der Waals surface area contributed by atoms with E-state index in [4.69, 9.17) is 30.3 Å². The number of hydrogen-bond donors (Lipinski definition) is 0. The van der Waals surface area contributed by atoms with Gasteiger partial charge in [-0.1, -0.05) is 35.0 Å². The van der Waals surface area contributed by atoms with E-state index in [0.29, 0.717) is 44.9 Å². The Kier molecular flexibility index (Phi) is 5.83. The van der Waals surface area contributed by atoms with Gasteiger partial charge in [0.15, 0.2) is 11.5 Å². The number of benzene rings is 2. The lowest BCUT2D eigenvalue weighted by Gasteiger charge is -2.12. The highest BCUT2D eigenvalue weighted by Crippen LogP contribution is 2.40. The quantitative estimate of drug-likeness (QED) is 0.335. The Labute approximate surface area is 203 Å². The zero-order chi connectivity index (χ0) is 24.5. The lowest BCUT2D eigenvalue weighted by atomic mass is 10.1. The molecule has 11 nitrogen and oxygen atoms in total. The molecule has 35 heavy (non-hydrogen) atoms. The average Bonchev–Trinajstić information content (AvgIpc) is 3.53. The van der Waals surface area contributed by atoms with Crippen LogP contribution in [0.15, 0.2) is 58.1 Å². The fourth-order valence-corrected chi connectivity index (χ4v) is 3.86. The van der Waals surface area contributed by atoms with Gasteiger partial charge in [0.05, 0.1) is 32.0 Å². The van der Waals surface area contributed by atoms with E-state index in [-0.39, 0.29) is 18.0 Å². The van der Waals surface area contributed by atoms with Crippen molar-refractivity contribution in [3.05, 3.63) is 70.1 Å². The molecule has 178 valence electrons. The second-order valence-corrected chi connectivity index (χ2v) is 7.77. The first-order chi connectivity index (χ1) is 17.0. The second-order valence-electron chi connectivity index (χ2n) is 7.36. The largest absolute Gasteiger partial charge is 0.493 e. The lowest BCUT2D eigenvalue weighted by Crippen LogP contribution is -2.25. The van der Waals surface area contributed by atoms with E-state index in [1.807, 2.05) is 18.2 Å². The molecule has 12 heteroatoms. The first-order valence-electron chi connectivity index (χ1n) is 10.4. The normalized spacial score (nSPS) is 11.1. The highest BCUT2D eigenvalue weighted by molar-refractivity contribution is 6.33. The number of fused-ring (bicyclic) bond motifs is 1. The third kappa shape index (κ3) is 4.06. The van der Waals surface area contributed by atoms with E-state index in [1.165, 1.54) is 36.9 Å². The molecule has 3 aromatic heterocycles. The number of rotatable bonds is 7. The molecule has 5 aromatic rings. The summed E-state index contributed by atoms with van der Waals surface area (Å²) in [5, 5.41) is 13.1. The molecular weight excluding hydrogens is 476 g/mol. The summed E-state index contributed by atoms with van der Waals surface area (Å²) in [6.07, 6.45) is 1.44. The van der Waals surface area contributed by atoms with Gasteiger partial charge < -0.3 is 18.7 Å². The molecule has 0 spiro atoms. The molecule has 2 aromatic carbocycles. The Morgan fingerprint density at radius 2 is 1.77 bits per heavy atom. The lowest BCUT2D eigenvalue weighted by molar-refractivity contribution is 0.324. The predicted octanol–water partition coefficient (Wildman–Crippen LogP) is 3.34. The molecule has 0 aliphatic rings. The third-order valence-electron chi connectivity index (χ3n) is 5.32. The van der Waals surface area contributed by atoms with Crippen molar-refractivity contribution < 1.29 is 18.7 Å². The molecule has 0 fully saturated rings. The highest BCUT2D eigenvalue weighted by Gasteiger charge is 2.18. The van der Waals surface area contributed by atoms with Crippen LogP contribution >= 0.6 is 11.6 Å². The summed E-state index contributed by atoms with van der Waals surface area (Å²) < 4.78 is 24.1. The van der Waals surface area contributed by atoms with Crippen molar-refractivity contribution in [3.8, 4) is 39.9 Å². The Morgan fingerprint density at radius 3 is 2.46 bits per heavy atom. The number of methoxy groups -OCH3 is 3. The first kappa shape index (κ1) is 22.4. The fourth-order valence-electron chi connectivity index (χ4n) is 3.63. The maximum atomic E-state index is 13.0. The molecule has 0 bridgehead atoms. The van der Waals surface area contributed by atoms with Gasteiger partial charge in [-0.25, -0.2) is 9.20 Å². The average molecular weight is 495 g/mol. The topological polar surface area (TPSA) is 119 Å². The van der Waals surface area contributed by atoms with Gasteiger partial charge >= 0.3 is 0 Å². The van der Waals surface area contributed by atoms with Gasteiger partial charge in [-0.05, 0) is 24.3 Å². The number of nitrogens with zero attached hydrogens (tertiary/aromatic N) is 6. The minimum Gasteiger partial charge on any atom is -0.493 e. The van der Waals surface area contributed by atoms with E-state index < -0.39 is 0 Å². The van der Waals surface area contributed by atoms with Crippen molar-refractivity contribution in [2.45, 2.75) is 6.54 Å². The van der Waals surface area contributed by atoms with Gasteiger partial charge in [-0.15, -0.1) is 0 Å². The van der Waals surface area contributed by atoms with E-state index in [1.54, 1.807) is 24.3 Å². The van der Waals surface area contributed by atoms with E-state index in [9.17, 15) is 4.79 Å². The molecular formula is C23H19ClN6O5. The van der Waals surface area contributed by atoms with Crippen LogP contribution in [-0.4, -0.2) is 50.9 Å². The molecule has 0 N–H and O–H groups in total. The molecule has 0 radical (unpaired) electrons. The van der Waals surface area contributed by atoms with Crippen LogP contribution in [0.3, 0.4) is 0 Å². The van der Waals surface area contributed by atoms with Gasteiger partial charge in [0.25, 0.3) is 5.56 Å². The van der Waals surface area contributed by atoms with Gasteiger partial charge in [-0.2, -0.15) is 15.2 Å². The summed E-state index contributed by atoms with van der Waals surface area (Å²) in [5.74, 6) is 1.83. The minimum absolute atomic E-state index is 0.0284. The van der Waals surface area contributed by atoms with Crippen LogP contribution in [0.25, 0.3) is 28.2 Å². The Bertz CT molecular complexity index is 1570. The summed E-state index contributed by atoms with van der Waals surface area (Å²) in [6.45, 7) is -0.0284.